The topological polar surface area (TPSA) is 41.5 Å². The summed E-state index contributed by atoms with van der Waals surface area (Å²) in [5.41, 5.74) is 1.22. The van der Waals surface area contributed by atoms with Gasteiger partial charge in [0, 0.05) is 12.6 Å². The molecule has 0 bridgehead atoms. The van der Waals surface area contributed by atoms with E-state index >= 15 is 0 Å². The molecule has 0 aliphatic heterocycles. The van der Waals surface area contributed by atoms with Gasteiger partial charge in [0.15, 0.2) is 0 Å². The number of aliphatic hydroxyl groups is 1. The summed E-state index contributed by atoms with van der Waals surface area (Å²) in [6, 6.07) is 8.53. The van der Waals surface area contributed by atoms with Crippen LogP contribution in [-0.4, -0.2) is 30.4 Å². The lowest BCUT2D eigenvalue weighted by atomic mass is 9.98. The minimum atomic E-state index is -0.478. The minimum Gasteiger partial charge on any atom is -0.491 e. The number of ether oxygens (including phenoxy) is 1. The zero-order chi connectivity index (χ0) is 15.0. The van der Waals surface area contributed by atoms with Gasteiger partial charge in [0.1, 0.15) is 18.5 Å². The fourth-order valence-corrected chi connectivity index (χ4v) is 1.97. The summed E-state index contributed by atoms with van der Waals surface area (Å²) in [6.07, 6.45) is 1.66. The lowest BCUT2D eigenvalue weighted by Gasteiger charge is -2.19. The molecule has 2 N–H and O–H groups in total. The van der Waals surface area contributed by atoms with E-state index in [4.69, 9.17) is 4.74 Å². The maximum Gasteiger partial charge on any atom is 0.122 e. The number of benzene rings is 1. The molecule has 3 atom stereocenters. The van der Waals surface area contributed by atoms with Gasteiger partial charge in [-0.3, -0.25) is 0 Å². The van der Waals surface area contributed by atoms with Gasteiger partial charge in [-0.1, -0.05) is 39.0 Å². The maximum atomic E-state index is 9.95. The summed E-state index contributed by atoms with van der Waals surface area (Å²) >= 11 is 0. The smallest absolute Gasteiger partial charge is 0.122 e. The average molecular weight is 279 g/mol. The van der Waals surface area contributed by atoms with Gasteiger partial charge in [0.2, 0.25) is 0 Å². The highest BCUT2D eigenvalue weighted by molar-refractivity contribution is 5.35. The van der Waals surface area contributed by atoms with Crippen LogP contribution in [0.1, 0.15) is 52.0 Å². The van der Waals surface area contributed by atoms with Gasteiger partial charge in [-0.05, 0) is 37.3 Å². The lowest BCUT2D eigenvalue weighted by molar-refractivity contribution is 0.103. The largest absolute Gasteiger partial charge is 0.491 e. The van der Waals surface area contributed by atoms with Crippen molar-refractivity contribution >= 4 is 0 Å². The Bertz CT molecular complexity index is 381. The molecule has 0 aliphatic carbocycles. The van der Waals surface area contributed by atoms with Crippen molar-refractivity contribution in [2.24, 2.45) is 0 Å². The van der Waals surface area contributed by atoms with Crippen molar-refractivity contribution in [2.45, 2.75) is 58.6 Å². The van der Waals surface area contributed by atoms with E-state index in [-0.39, 0.29) is 0 Å². The molecule has 0 heterocycles. The molecule has 1 aromatic carbocycles. The van der Waals surface area contributed by atoms with Crippen LogP contribution in [0.3, 0.4) is 0 Å². The first kappa shape index (κ1) is 17.0. The molecule has 1 rings (SSSR count). The van der Waals surface area contributed by atoms with E-state index in [0.29, 0.717) is 25.1 Å². The van der Waals surface area contributed by atoms with E-state index in [0.717, 1.165) is 18.6 Å². The highest BCUT2D eigenvalue weighted by Gasteiger charge is 2.12. The summed E-state index contributed by atoms with van der Waals surface area (Å²) in [6.45, 7) is 9.52. The van der Waals surface area contributed by atoms with E-state index in [1.807, 2.05) is 18.2 Å². The van der Waals surface area contributed by atoms with E-state index < -0.39 is 6.10 Å². The van der Waals surface area contributed by atoms with Crippen LogP contribution in [0.15, 0.2) is 24.3 Å². The van der Waals surface area contributed by atoms with Crippen molar-refractivity contribution < 1.29 is 9.84 Å². The number of rotatable bonds is 9. The van der Waals surface area contributed by atoms with E-state index in [9.17, 15) is 5.11 Å². The Balaban J connectivity index is 2.49. The van der Waals surface area contributed by atoms with Crippen molar-refractivity contribution in [3.63, 3.8) is 0 Å². The third kappa shape index (κ3) is 5.51. The molecule has 3 nitrogen and oxygen atoms in total. The number of nitrogens with one attached hydrogen (secondary N) is 1. The van der Waals surface area contributed by atoms with Gasteiger partial charge in [-0.25, -0.2) is 0 Å². The van der Waals surface area contributed by atoms with Gasteiger partial charge in [-0.15, -0.1) is 0 Å². The predicted molar refractivity (Wildman–Crippen MR) is 84.4 cm³/mol. The van der Waals surface area contributed by atoms with Crippen LogP contribution >= 0.6 is 0 Å². The number of aliphatic hydroxyl groups excluding tert-OH is 1. The van der Waals surface area contributed by atoms with Gasteiger partial charge in [0.25, 0.3) is 0 Å². The number of para-hydroxylation sites is 1. The Kier molecular flexibility index (Phi) is 7.63. The molecule has 3 heteroatoms. The molecule has 20 heavy (non-hydrogen) atoms. The third-order valence-electron chi connectivity index (χ3n) is 3.81. The highest BCUT2D eigenvalue weighted by atomic mass is 16.5. The molecule has 114 valence electrons. The second kappa shape index (κ2) is 8.98. The van der Waals surface area contributed by atoms with Crippen LogP contribution in [-0.2, 0) is 0 Å². The first-order valence-electron chi connectivity index (χ1n) is 7.71. The third-order valence-corrected chi connectivity index (χ3v) is 3.81. The van der Waals surface area contributed by atoms with Crippen molar-refractivity contribution in [1.29, 1.82) is 0 Å². The first-order valence-corrected chi connectivity index (χ1v) is 7.71. The minimum absolute atomic E-state index is 0.330. The van der Waals surface area contributed by atoms with Gasteiger partial charge < -0.3 is 15.2 Å². The molecule has 0 spiro atoms. The summed E-state index contributed by atoms with van der Waals surface area (Å²) in [4.78, 5) is 0. The summed E-state index contributed by atoms with van der Waals surface area (Å²) in [5, 5.41) is 13.2. The molecule has 0 amide bonds. The molecule has 1 aromatic rings. The summed E-state index contributed by atoms with van der Waals surface area (Å²) in [7, 11) is 0. The van der Waals surface area contributed by atoms with Crippen LogP contribution in [0, 0.1) is 0 Å². The standard InChI is InChI=1S/C17H29NO2/c1-5-13(3)16-9-7-8-10-17(16)20-12-15(19)11-18-14(4)6-2/h7-10,13-15,18-19H,5-6,11-12H2,1-4H3/t13-,14-,15+/m0/s1. The number of hydrogen-bond acceptors (Lipinski definition) is 3. The zero-order valence-corrected chi connectivity index (χ0v) is 13.2. The Hall–Kier alpha value is -1.06. The molecule has 0 unspecified atom stereocenters. The maximum absolute atomic E-state index is 9.95. The second-order valence-corrected chi connectivity index (χ2v) is 5.53. The Morgan fingerprint density at radius 1 is 1.15 bits per heavy atom. The Morgan fingerprint density at radius 3 is 2.50 bits per heavy atom. The highest BCUT2D eigenvalue weighted by Crippen LogP contribution is 2.28. The molecule has 0 saturated carbocycles. The predicted octanol–water partition coefficient (Wildman–Crippen LogP) is 3.33. The monoisotopic (exact) mass is 279 g/mol. The van der Waals surface area contributed by atoms with Crippen molar-refractivity contribution in [1.82, 2.24) is 5.32 Å². The lowest BCUT2D eigenvalue weighted by Crippen LogP contribution is -2.36. The fourth-order valence-electron chi connectivity index (χ4n) is 1.97. The molecule has 0 radical (unpaired) electrons. The zero-order valence-electron chi connectivity index (χ0n) is 13.2. The quantitative estimate of drug-likeness (QED) is 0.728. The van der Waals surface area contributed by atoms with Gasteiger partial charge in [-0.2, -0.15) is 0 Å². The van der Waals surface area contributed by atoms with E-state index in [1.165, 1.54) is 5.56 Å². The molecular formula is C17H29NO2. The van der Waals surface area contributed by atoms with E-state index in [1.54, 1.807) is 0 Å². The Morgan fingerprint density at radius 2 is 1.85 bits per heavy atom. The summed E-state index contributed by atoms with van der Waals surface area (Å²) in [5.74, 6) is 1.37. The Labute approximate surface area is 123 Å². The van der Waals surface area contributed by atoms with E-state index in [2.05, 4.69) is 39.1 Å². The van der Waals surface area contributed by atoms with Crippen LogP contribution < -0.4 is 10.1 Å². The fraction of sp³-hybridized carbons (Fsp3) is 0.647. The average Bonchev–Trinajstić information content (AvgIpc) is 2.49. The van der Waals surface area contributed by atoms with Crippen LogP contribution in [0.5, 0.6) is 5.75 Å². The molecular weight excluding hydrogens is 250 g/mol. The molecule has 0 fully saturated rings. The summed E-state index contributed by atoms with van der Waals surface area (Å²) < 4.78 is 5.80. The van der Waals surface area contributed by atoms with Gasteiger partial charge >= 0.3 is 0 Å². The normalized spacial score (nSPS) is 15.7. The van der Waals surface area contributed by atoms with Crippen LogP contribution in [0.25, 0.3) is 0 Å². The van der Waals surface area contributed by atoms with Crippen molar-refractivity contribution in [3.05, 3.63) is 29.8 Å². The number of hydrogen-bond donors (Lipinski definition) is 2. The second-order valence-electron chi connectivity index (χ2n) is 5.53. The molecule has 0 saturated heterocycles. The SMILES string of the molecule is CC[C@H](C)NC[C@@H](O)COc1ccccc1[C@@H](C)CC. The first-order chi connectivity index (χ1) is 9.58. The van der Waals surface area contributed by atoms with Gasteiger partial charge in [0.05, 0.1) is 0 Å². The van der Waals surface area contributed by atoms with Crippen LogP contribution in [0.4, 0.5) is 0 Å². The van der Waals surface area contributed by atoms with Crippen molar-refractivity contribution in [2.75, 3.05) is 13.2 Å². The molecule has 0 aromatic heterocycles. The molecule has 0 aliphatic rings. The van der Waals surface area contributed by atoms with Crippen molar-refractivity contribution in [3.8, 4) is 5.75 Å². The van der Waals surface area contributed by atoms with Crippen LogP contribution in [0.2, 0.25) is 0 Å².